The zero-order valence-corrected chi connectivity index (χ0v) is 15.2. The lowest BCUT2D eigenvalue weighted by atomic mass is 10.1. The Morgan fingerprint density at radius 1 is 1.26 bits per heavy atom. The van der Waals surface area contributed by atoms with Crippen LogP contribution in [0.4, 0.5) is 11.4 Å². The highest BCUT2D eigenvalue weighted by molar-refractivity contribution is 7.92. The molecule has 1 aromatic rings. The predicted octanol–water partition coefficient (Wildman–Crippen LogP) is 1.78. The van der Waals surface area contributed by atoms with Crippen molar-refractivity contribution in [3.63, 3.8) is 0 Å². The molecule has 0 bridgehead atoms. The highest BCUT2D eigenvalue weighted by Gasteiger charge is 2.19. The van der Waals surface area contributed by atoms with Gasteiger partial charge in [-0.25, -0.2) is 8.42 Å². The SMILES string of the molecule is COc1ccc(N[C@@H](C)C(=O)NC(C)(C)C)cc1NS(C)(=O)=O. The quantitative estimate of drug-likeness (QED) is 0.732. The normalized spacial score (nSPS) is 13.1. The molecule has 7 nitrogen and oxygen atoms in total. The first-order valence-electron chi connectivity index (χ1n) is 7.15. The van der Waals surface area contributed by atoms with Gasteiger partial charge in [-0.1, -0.05) is 0 Å². The van der Waals surface area contributed by atoms with E-state index in [4.69, 9.17) is 4.74 Å². The van der Waals surface area contributed by atoms with E-state index in [1.54, 1.807) is 25.1 Å². The predicted molar refractivity (Wildman–Crippen MR) is 92.4 cm³/mol. The molecule has 1 rings (SSSR count). The Morgan fingerprint density at radius 2 is 1.87 bits per heavy atom. The van der Waals surface area contributed by atoms with Gasteiger partial charge >= 0.3 is 0 Å². The molecule has 3 N–H and O–H groups in total. The van der Waals surface area contributed by atoms with Crippen LogP contribution in [-0.2, 0) is 14.8 Å². The van der Waals surface area contributed by atoms with Gasteiger partial charge < -0.3 is 15.4 Å². The summed E-state index contributed by atoms with van der Waals surface area (Å²) in [4.78, 5) is 12.1. The Balaban J connectivity index is 2.93. The Hall–Kier alpha value is -1.96. The Kier molecular flexibility index (Phi) is 5.87. The maximum absolute atomic E-state index is 12.1. The summed E-state index contributed by atoms with van der Waals surface area (Å²) >= 11 is 0. The fraction of sp³-hybridized carbons (Fsp3) is 0.533. The minimum absolute atomic E-state index is 0.147. The highest BCUT2D eigenvalue weighted by Crippen LogP contribution is 2.28. The minimum atomic E-state index is -3.43. The first-order valence-corrected chi connectivity index (χ1v) is 9.05. The van der Waals surface area contributed by atoms with Crippen LogP contribution >= 0.6 is 0 Å². The molecule has 1 aromatic carbocycles. The number of amides is 1. The molecule has 0 aliphatic heterocycles. The molecule has 0 radical (unpaired) electrons. The molecule has 1 atom stereocenters. The van der Waals surface area contributed by atoms with Gasteiger partial charge in [0.05, 0.1) is 19.1 Å². The van der Waals surface area contributed by atoms with Crippen LogP contribution in [0.5, 0.6) is 5.75 Å². The molecule has 1 amide bonds. The van der Waals surface area contributed by atoms with E-state index in [0.29, 0.717) is 17.1 Å². The molecule has 8 heteroatoms. The van der Waals surface area contributed by atoms with E-state index >= 15 is 0 Å². The number of benzene rings is 1. The summed E-state index contributed by atoms with van der Waals surface area (Å²) in [5, 5.41) is 5.92. The van der Waals surface area contributed by atoms with Crippen molar-refractivity contribution in [2.24, 2.45) is 0 Å². The summed E-state index contributed by atoms with van der Waals surface area (Å²) < 4.78 is 30.4. The van der Waals surface area contributed by atoms with Crippen molar-refractivity contribution in [1.29, 1.82) is 0 Å². The third-order valence-electron chi connectivity index (χ3n) is 2.77. The largest absolute Gasteiger partial charge is 0.495 e. The number of nitrogens with one attached hydrogen (secondary N) is 3. The average molecular weight is 343 g/mol. The van der Waals surface area contributed by atoms with Gasteiger partial charge in [0.25, 0.3) is 0 Å². The summed E-state index contributed by atoms with van der Waals surface area (Å²) in [5.41, 5.74) is 0.590. The van der Waals surface area contributed by atoms with Crippen molar-refractivity contribution in [3.05, 3.63) is 18.2 Å². The Bertz CT molecular complexity index is 666. The molecule has 0 aliphatic carbocycles. The molecule has 0 aromatic heterocycles. The van der Waals surface area contributed by atoms with E-state index in [-0.39, 0.29) is 11.4 Å². The second kappa shape index (κ2) is 7.08. The van der Waals surface area contributed by atoms with Crippen LogP contribution in [0.25, 0.3) is 0 Å². The summed E-state index contributed by atoms with van der Waals surface area (Å²) in [6.07, 6.45) is 1.06. The zero-order valence-electron chi connectivity index (χ0n) is 14.4. The van der Waals surface area contributed by atoms with Crippen molar-refractivity contribution in [1.82, 2.24) is 5.32 Å². The number of carbonyl (C=O) groups is 1. The second-order valence-electron chi connectivity index (χ2n) is 6.39. The molecule has 0 spiro atoms. The molecule has 0 heterocycles. The first-order chi connectivity index (χ1) is 10.4. The van der Waals surface area contributed by atoms with Crippen molar-refractivity contribution in [2.75, 3.05) is 23.4 Å². The van der Waals surface area contributed by atoms with E-state index in [1.165, 1.54) is 7.11 Å². The molecular formula is C15H25N3O4S. The third-order valence-corrected chi connectivity index (χ3v) is 3.36. The van der Waals surface area contributed by atoms with Crippen LogP contribution in [0.3, 0.4) is 0 Å². The van der Waals surface area contributed by atoms with Gasteiger partial charge in [-0.3, -0.25) is 9.52 Å². The minimum Gasteiger partial charge on any atom is -0.495 e. The second-order valence-corrected chi connectivity index (χ2v) is 8.14. The molecule has 0 saturated carbocycles. The lowest BCUT2D eigenvalue weighted by Gasteiger charge is -2.24. The van der Waals surface area contributed by atoms with Gasteiger partial charge in [0.15, 0.2) is 0 Å². The number of anilines is 2. The molecule has 0 fully saturated rings. The molecule has 0 aliphatic rings. The molecule has 130 valence electrons. The number of methoxy groups -OCH3 is 1. The molecule has 0 saturated heterocycles. The van der Waals surface area contributed by atoms with E-state index in [2.05, 4.69) is 15.4 Å². The summed E-state index contributed by atoms with van der Waals surface area (Å²) in [6, 6.07) is 4.45. The van der Waals surface area contributed by atoms with Crippen LogP contribution in [0.15, 0.2) is 18.2 Å². The van der Waals surface area contributed by atoms with Crippen LogP contribution in [-0.4, -0.2) is 39.3 Å². The third kappa shape index (κ3) is 6.77. The van der Waals surface area contributed by atoms with Crippen LogP contribution in [0.1, 0.15) is 27.7 Å². The van der Waals surface area contributed by atoms with Crippen molar-refractivity contribution in [2.45, 2.75) is 39.3 Å². The molecular weight excluding hydrogens is 318 g/mol. The number of carbonyl (C=O) groups excluding carboxylic acids is 1. The molecule has 23 heavy (non-hydrogen) atoms. The fourth-order valence-corrected chi connectivity index (χ4v) is 2.43. The topological polar surface area (TPSA) is 96.5 Å². The number of rotatable bonds is 6. The van der Waals surface area contributed by atoms with Gasteiger partial charge in [0, 0.05) is 11.2 Å². The maximum Gasteiger partial charge on any atom is 0.242 e. The van der Waals surface area contributed by atoms with Gasteiger partial charge in [0.2, 0.25) is 15.9 Å². The maximum atomic E-state index is 12.1. The average Bonchev–Trinajstić information content (AvgIpc) is 2.35. The van der Waals surface area contributed by atoms with Crippen LogP contribution in [0, 0.1) is 0 Å². The van der Waals surface area contributed by atoms with Gasteiger partial charge in [-0.2, -0.15) is 0 Å². The number of hydrogen-bond donors (Lipinski definition) is 3. The lowest BCUT2D eigenvalue weighted by Crippen LogP contribution is -2.47. The van der Waals surface area contributed by atoms with E-state index < -0.39 is 16.1 Å². The number of hydrogen-bond acceptors (Lipinski definition) is 5. The smallest absolute Gasteiger partial charge is 0.242 e. The standard InChI is InChI=1S/C15H25N3O4S/c1-10(14(19)17-15(2,3)4)16-11-7-8-13(22-5)12(9-11)18-23(6,20)21/h7-10,16,18H,1-6H3,(H,17,19)/t10-/m0/s1. The van der Waals surface area contributed by atoms with Gasteiger partial charge in [0.1, 0.15) is 11.8 Å². The summed E-state index contributed by atoms with van der Waals surface area (Å²) in [5.74, 6) is 0.249. The Morgan fingerprint density at radius 3 is 2.35 bits per heavy atom. The van der Waals surface area contributed by atoms with Crippen molar-refractivity contribution in [3.8, 4) is 5.75 Å². The van der Waals surface area contributed by atoms with Crippen molar-refractivity contribution < 1.29 is 17.9 Å². The molecule has 0 unspecified atom stereocenters. The van der Waals surface area contributed by atoms with Crippen molar-refractivity contribution >= 4 is 27.3 Å². The highest BCUT2D eigenvalue weighted by atomic mass is 32.2. The fourth-order valence-electron chi connectivity index (χ4n) is 1.87. The van der Waals surface area contributed by atoms with E-state index in [9.17, 15) is 13.2 Å². The summed E-state index contributed by atoms with van der Waals surface area (Å²) in [6.45, 7) is 7.44. The number of ether oxygens (including phenoxy) is 1. The van der Waals surface area contributed by atoms with Gasteiger partial charge in [-0.15, -0.1) is 0 Å². The lowest BCUT2D eigenvalue weighted by molar-refractivity contribution is -0.122. The number of sulfonamides is 1. The van der Waals surface area contributed by atoms with E-state index in [1.807, 2.05) is 20.8 Å². The first kappa shape index (κ1) is 19.1. The Labute approximate surface area is 137 Å². The van der Waals surface area contributed by atoms with Gasteiger partial charge in [-0.05, 0) is 45.9 Å². The monoisotopic (exact) mass is 343 g/mol. The summed E-state index contributed by atoms with van der Waals surface area (Å²) in [7, 11) is -1.98. The van der Waals surface area contributed by atoms with Crippen LogP contribution < -0.4 is 20.1 Å². The van der Waals surface area contributed by atoms with Crippen LogP contribution in [0.2, 0.25) is 0 Å². The van der Waals surface area contributed by atoms with E-state index in [0.717, 1.165) is 6.26 Å². The zero-order chi connectivity index (χ0) is 17.8.